The van der Waals surface area contributed by atoms with Crippen molar-refractivity contribution < 1.29 is 4.79 Å². The number of para-hydroxylation sites is 2. The van der Waals surface area contributed by atoms with Crippen LogP contribution in [-0.4, -0.2) is 37.2 Å². The van der Waals surface area contributed by atoms with Crippen LogP contribution < -0.4 is 20.9 Å². The summed E-state index contributed by atoms with van der Waals surface area (Å²) in [6, 6.07) is 28.8. The SMILES string of the molecule is CN(C)c1cc(N[C@H]2CC[C@@H](NC(=O)Nc3ccccc3-c3ccccc3)CC2)nc2ccccc12. The quantitative estimate of drug-likeness (QED) is 0.295. The Hall–Kier alpha value is -4.06. The number of benzene rings is 3. The number of rotatable bonds is 6. The number of carbonyl (C=O) groups is 1. The first-order valence-electron chi connectivity index (χ1n) is 12.6. The summed E-state index contributed by atoms with van der Waals surface area (Å²) in [6.45, 7) is 0. The Kier molecular flexibility index (Phi) is 7.03. The molecule has 6 nitrogen and oxygen atoms in total. The van der Waals surface area contributed by atoms with Gasteiger partial charge in [0.1, 0.15) is 5.82 Å². The third kappa shape index (κ3) is 5.43. The van der Waals surface area contributed by atoms with E-state index in [2.05, 4.69) is 71.3 Å². The molecule has 3 N–H and O–H groups in total. The third-order valence-electron chi connectivity index (χ3n) is 6.85. The fourth-order valence-electron chi connectivity index (χ4n) is 5.00. The average Bonchev–Trinajstić information content (AvgIpc) is 2.90. The maximum absolute atomic E-state index is 12.8. The molecule has 3 aromatic carbocycles. The molecule has 0 bridgehead atoms. The van der Waals surface area contributed by atoms with Crippen molar-refractivity contribution in [2.75, 3.05) is 29.6 Å². The van der Waals surface area contributed by atoms with E-state index in [1.54, 1.807) is 0 Å². The summed E-state index contributed by atoms with van der Waals surface area (Å²) < 4.78 is 0. The predicted molar refractivity (Wildman–Crippen MR) is 150 cm³/mol. The van der Waals surface area contributed by atoms with Gasteiger partial charge in [0.15, 0.2) is 0 Å². The molecule has 1 aromatic heterocycles. The number of fused-ring (bicyclic) bond motifs is 1. The average molecular weight is 480 g/mol. The van der Waals surface area contributed by atoms with Gasteiger partial charge in [-0.25, -0.2) is 9.78 Å². The Morgan fingerprint density at radius 2 is 1.50 bits per heavy atom. The van der Waals surface area contributed by atoms with Gasteiger partial charge in [0.2, 0.25) is 0 Å². The van der Waals surface area contributed by atoms with Crippen molar-refractivity contribution in [3.05, 3.63) is 84.9 Å². The molecule has 5 rings (SSSR count). The number of pyridine rings is 1. The van der Waals surface area contributed by atoms with E-state index in [9.17, 15) is 4.79 Å². The number of aromatic nitrogens is 1. The number of hydrogen-bond acceptors (Lipinski definition) is 4. The highest BCUT2D eigenvalue weighted by Gasteiger charge is 2.23. The van der Waals surface area contributed by atoms with Crippen LogP contribution in [-0.2, 0) is 0 Å². The van der Waals surface area contributed by atoms with Crippen molar-refractivity contribution >= 4 is 34.1 Å². The number of urea groups is 1. The van der Waals surface area contributed by atoms with Crippen molar-refractivity contribution in [1.82, 2.24) is 10.3 Å². The van der Waals surface area contributed by atoms with Gasteiger partial charge in [-0.2, -0.15) is 0 Å². The second-order valence-corrected chi connectivity index (χ2v) is 9.64. The van der Waals surface area contributed by atoms with E-state index in [1.165, 1.54) is 0 Å². The minimum atomic E-state index is -0.151. The monoisotopic (exact) mass is 479 g/mol. The zero-order valence-electron chi connectivity index (χ0n) is 20.9. The normalized spacial score (nSPS) is 17.4. The molecule has 2 amide bonds. The number of hydrogen-bond donors (Lipinski definition) is 3. The van der Waals surface area contributed by atoms with Crippen molar-refractivity contribution in [2.24, 2.45) is 0 Å². The largest absolute Gasteiger partial charge is 0.377 e. The maximum atomic E-state index is 12.8. The number of amides is 2. The smallest absolute Gasteiger partial charge is 0.319 e. The maximum Gasteiger partial charge on any atom is 0.319 e. The molecule has 0 aliphatic heterocycles. The Balaban J connectivity index is 1.17. The Bertz CT molecular complexity index is 1330. The van der Waals surface area contributed by atoms with Crippen molar-refractivity contribution in [2.45, 2.75) is 37.8 Å². The number of nitrogens with one attached hydrogen (secondary N) is 3. The number of carbonyl (C=O) groups excluding carboxylic acids is 1. The molecule has 0 saturated heterocycles. The Morgan fingerprint density at radius 3 is 2.28 bits per heavy atom. The van der Waals surface area contributed by atoms with Crippen LogP contribution in [0.25, 0.3) is 22.0 Å². The predicted octanol–water partition coefficient (Wildman–Crippen LogP) is 6.51. The van der Waals surface area contributed by atoms with Gasteiger partial charge in [-0.3, -0.25) is 0 Å². The molecule has 1 fully saturated rings. The third-order valence-corrected chi connectivity index (χ3v) is 6.85. The van der Waals surface area contributed by atoms with Gasteiger partial charge in [-0.05, 0) is 43.4 Å². The first kappa shape index (κ1) is 23.7. The van der Waals surface area contributed by atoms with Crippen LogP contribution in [0.1, 0.15) is 25.7 Å². The molecule has 0 radical (unpaired) electrons. The van der Waals surface area contributed by atoms with E-state index in [1.807, 2.05) is 48.5 Å². The highest BCUT2D eigenvalue weighted by molar-refractivity contribution is 5.95. The number of nitrogens with zero attached hydrogens (tertiary/aromatic N) is 2. The summed E-state index contributed by atoms with van der Waals surface area (Å²) in [5.74, 6) is 0.907. The Labute approximate surface area is 212 Å². The fraction of sp³-hybridized carbons (Fsp3) is 0.267. The van der Waals surface area contributed by atoms with Crippen LogP contribution in [0, 0.1) is 0 Å². The lowest BCUT2D eigenvalue weighted by atomic mass is 9.91. The molecule has 0 atom stereocenters. The van der Waals surface area contributed by atoms with Gasteiger partial charge >= 0.3 is 6.03 Å². The lowest BCUT2D eigenvalue weighted by Crippen LogP contribution is -2.42. The fourth-order valence-corrected chi connectivity index (χ4v) is 5.00. The van der Waals surface area contributed by atoms with E-state index in [-0.39, 0.29) is 12.1 Å². The summed E-state index contributed by atoms with van der Waals surface area (Å²) in [5.41, 5.74) is 5.07. The van der Waals surface area contributed by atoms with Crippen molar-refractivity contribution in [3.8, 4) is 11.1 Å². The van der Waals surface area contributed by atoms with E-state index in [0.717, 1.165) is 64.9 Å². The molecule has 6 heteroatoms. The second kappa shape index (κ2) is 10.7. The zero-order chi connectivity index (χ0) is 24.9. The van der Waals surface area contributed by atoms with Crippen LogP contribution in [0.2, 0.25) is 0 Å². The van der Waals surface area contributed by atoms with Crippen molar-refractivity contribution in [1.29, 1.82) is 0 Å². The minimum absolute atomic E-state index is 0.151. The van der Waals surface area contributed by atoms with E-state index in [0.29, 0.717) is 6.04 Å². The molecular formula is C30H33N5O. The minimum Gasteiger partial charge on any atom is -0.377 e. The second-order valence-electron chi connectivity index (χ2n) is 9.64. The van der Waals surface area contributed by atoms with Crippen LogP contribution in [0.3, 0.4) is 0 Å². The molecule has 184 valence electrons. The van der Waals surface area contributed by atoms with Gasteiger partial charge in [0, 0.05) is 48.9 Å². The lowest BCUT2D eigenvalue weighted by Gasteiger charge is -2.30. The molecule has 1 heterocycles. The molecule has 1 aliphatic carbocycles. The zero-order valence-corrected chi connectivity index (χ0v) is 20.9. The van der Waals surface area contributed by atoms with Gasteiger partial charge in [-0.1, -0.05) is 66.7 Å². The molecule has 1 aliphatic rings. The first-order valence-corrected chi connectivity index (χ1v) is 12.6. The van der Waals surface area contributed by atoms with Crippen LogP contribution in [0.5, 0.6) is 0 Å². The highest BCUT2D eigenvalue weighted by Crippen LogP contribution is 2.30. The lowest BCUT2D eigenvalue weighted by molar-refractivity contribution is 0.243. The number of anilines is 3. The molecule has 1 saturated carbocycles. The van der Waals surface area contributed by atoms with E-state index in [4.69, 9.17) is 4.98 Å². The van der Waals surface area contributed by atoms with Gasteiger partial charge in [-0.15, -0.1) is 0 Å². The van der Waals surface area contributed by atoms with Crippen LogP contribution in [0.15, 0.2) is 84.9 Å². The summed E-state index contributed by atoms with van der Waals surface area (Å²) in [4.78, 5) is 19.8. The summed E-state index contributed by atoms with van der Waals surface area (Å²) in [5, 5.41) is 11.0. The highest BCUT2D eigenvalue weighted by atomic mass is 16.2. The van der Waals surface area contributed by atoms with Crippen LogP contribution in [0.4, 0.5) is 22.0 Å². The standard InChI is InChI=1S/C30H33N5O/c1-35(2)28-20-29(33-27-15-9-7-13-25(27)28)31-22-16-18-23(19-17-22)32-30(36)34-26-14-8-6-12-24(26)21-10-4-3-5-11-21/h3-15,20,22-23H,16-19H2,1-2H3,(H,31,33)(H2,32,34,36)/t22-,23+. The summed E-state index contributed by atoms with van der Waals surface area (Å²) in [7, 11) is 4.12. The summed E-state index contributed by atoms with van der Waals surface area (Å²) >= 11 is 0. The summed E-state index contributed by atoms with van der Waals surface area (Å²) in [6.07, 6.45) is 3.83. The molecular weight excluding hydrogens is 446 g/mol. The van der Waals surface area contributed by atoms with E-state index < -0.39 is 0 Å². The van der Waals surface area contributed by atoms with Crippen molar-refractivity contribution in [3.63, 3.8) is 0 Å². The van der Waals surface area contributed by atoms with Gasteiger partial charge in [0.25, 0.3) is 0 Å². The van der Waals surface area contributed by atoms with Crippen LogP contribution >= 0.6 is 0 Å². The van der Waals surface area contributed by atoms with Gasteiger partial charge < -0.3 is 20.9 Å². The van der Waals surface area contributed by atoms with E-state index >= 15 is 0 Å². The molecule has 0 spiro atoms. The first-order chi connectivity index (χ1) is 17.6. The Morgan fingerprint density at radius 1 is 0.833 bits per heavy atom. The molecule has 36 heavy (non-hydrogen) atoms. The molecule has 4 aromatic rings. The topological polar surface area (TPSA) is 69.3 Å². The molecule has 0 unspecified atom stereocenters. The van der Waals surface area contributed by atoms with Gasteiger partial charge in [0.05, 0.1) is 11.2 Å².